The van der Waals surface area contributed by atoms with E-state index >= 15 is 0 Å². The van der Waals surface area contributed by atoms with Gasteiger partial charge in [0.25, 0.3) is 0 Å². The van der Waals surface area contributed by atoms with Crippen molar-refractivity contribution in [2.45, 2.75) is 0 Å². The van der Waals surface area contributed by atoms with E-state index in [1.54, 1.807) is 6.07 Å². The predicted molar refractivity (Wildman–Crippen MR) is 60.5 cm³/mol. The summed E-state index contributed by atoms with van der Waals surface area (Å²) in [6.07, 6.45) is 0. The molecule has 1 aromatic carbocycles. The Morgan fingerprint density at radius 1 is 1.57 bits per heavy atom. The molecule has 0 saturated carbocycles. The molecular weight excluding hydrogens is 316 g/mol. The fraction of sp³-hybridized carbons (Fsp3) is 0.222. The first-order valence-corrected chi connectivity index (χ1v) is 5.68. The molecule has 0 fully saturated rings. The zero-order valence-corrected chi connectivity index (χ0v) is 10.6. The molecule has 76 valence electrons. The fourth-order valence-electron chi connectivity index (χ4n) is 1.00. The second-order valence-electron chi connectivity index (χ2n) is 2.53. The van der Waals surface area contributed by atoms with Crippen molar-refractivity contribution in [3.8, 4) is 11.5 Å². The van der Waals surface area contributed by atoms with Crippen LogP contribution in [0.2, 0.25) is 0 Å². The highest BCUT2D eigenvalue weighted by Crippen LogP contribution is 2.36. The Kier molecular flexibility index (Phi) is 3.95. The number of carbonyl (C=O) groups excluding carboxylic acids is 1. The second-order valence-corrected chi connectivity index (χ2v) is 3.89. The van der Waals surface area contributed by atoms with Crippen LogP contribution in [-0.2, 0) is 0 Å². The molecule has 14 heavy (non-hydrogen) atoms. The number of alkyl halides is 1. The summed E-state index contributed by atoms with van der Waals surface area (Å²) in [4.78, 5) is 11.3. The standard InChI is InChI=1S/C9H8Br2O3/c1-14-7-3-2-5(6(12)4-10)9(13)8(7)11/h2-3,13H,4H2,1H3. The highest BCUT2D eigenvalue weighted by atomic mass is 79.9. The molecular formula is C9H8Br2O3. The molecule has 0 unspecified atom stereocenters. The first-order chi connectivity index (χ1) is 6.61. The van der Waals surface area contributed by atoms with Gasteiger partial charge >= 0.3 is 0 Å². The lowest BCUT2D eigenvalue weighted by molar-refractivity contribution is 0.102. The maximum absolute atomic E-state index is 11.3. The summed E-state index contributed by atoms with van der Waals surface area (Å²) in [5.74, 6) is 0.230. The van der Waals surface area contributed by atoms with Crippen molar-refractivity contribution in [2.24, 2.45) is 0 Å². The van der Waals surface area contributed by atoms with Crippen LogP contribution in [0, 0.1) is 0 Å². The lowest BCUT2D eigenvalue weighted by Crippen LogP contribution is -2.01. The number of halogens is 2. The summed E-state index contributed by atoms with van der Waals surface area (Å²) in [5, 5.41) is 9.82. The zero-order chi connectivity index (χ0) is 10.7. The third-order valence-electron chi connectivity index (χ3n) is 1.72. The number of phenols is 1. The van der Waals surface area contributed by atoms with Crippen molar-refractivity contribution in [1.82, 2.24) is 0 Å². The number of aromatic hydroxyl groups is 1. The van der Waals surface area contributed by atoms with Gasteiger partial charge in [0.15, 0.2) is 5.78 Å². The number of hydrogen-bond donors (Lipinski definition) is 1. The minimum Gasteiger partial charge on any atom is -0.506 e. The molecule has 0 bridgehead atoms. The van der Waals surface area contributed by atoms with Crippen molar-refractivity contribution >= 4 is 37.6 Å². The third-order valence-corrected chi connectivity index (χ3v) is 3.00. The van der Waals surface area contributed by atoms with Gasteiger partial charge in [-0.2, -0.15) is 0 Å². The molecule has 0 radical (unpaired) electrons. The highest BCUT2D eigenvalue weighted by Gasteiger charge is 2.15. The number of hydrogen-bond acceptors (Lipinski definition) is 3. The lowest BCUT2D eigenvalue weighted by atomic mass is 10.1. The van der Waals surface area contributed by atoms with Crippen LogP contribution in [0.3, 0.4) is 0 Å². The average Bonchev–Trinajstić information content (AvgIpc) is 2.21. The van der Waals surface area contributed by atoms with Gasteiger partial charge in [-0.25, -0.2) is 0 Å². The van der Waals surface area contributed by atoms with E-state index in [1.165, 1.54) is 13.2 Å². The van der Waals surface area contributed by atoms with Crippen LogP contribution in [0.4, 0.5) is 0 Å². The number of benzene rings is 1. The summed E-state index contributed by atoms with van der Waals surface area (Å²) in [7, 11) is 1.49. The molecule has 0 aliphatic rings. The summed E-state index contributed by atoms with van der Waals surface area (Å²) < 4.78 is 5.36. The first kappa shape index (κ1) is 11.5. The van der Waals surface area contributed by atoms with Gasteiger partial charge < -0.3 is 9.84 Å². The van der Waals surface area contributed by atoms with Gasteiger partial charge in [0.05, 0.1) is 18.0 Å². The molecule has 0 saturated heterocycles. The SMILES string of the molecule is COc1ccc(C(=O)CBr)c(O)c1Br. The average molecular weight is 324 g/mol. The van der Waals surface area contributed by atoms with Gasteiger partial charge in [0.1, 0.15) is 16.0 Å². The number of ketones is 1. The number of carbonyl (C=O) groups is 1. The van der Waals surface area contributed by atoms with E-state index < -0.39 is 0 Å². The Balaban J connectivity index is 3.24. The molecule has 5 heteroatoms. The molecule has 0 aliphatic heterocycles. The number of methoxy groups -OCH3 is 1. The Labute approximate surface area is 98.3 Å². The number of ether oxygens (including phenoxy) is 1. The minimum absolute atomic E-state index is 0.0891. The smallest absolute Gasteiger partial charge is 0.177 e. The highest BCUT2D eigenvalue weighted by molar-refractivity contribution is 9.10. The second kappa shape index (κ2) is 4.79. The zero-order valence-electron chi connectivity index (χ0n) is 7.38. The Bertz CT molecular complexity index is 363. The maximum atomic E-state index is 11.3. The van der Waals surface area contributed by atoms with E-state index in [9.17, 15) is 9.90 Å². The first-order valence-electron chi connectivity index (χ1n) is 3.76. The van der Waals surface area contributed by atoms with Gasteiger partial charge in [-0.05, 0) is 28.1 Å². The molecule has 0 aliphatic carbocycles. The quantitative estimate of drug-likeness (QED) is 0.687. The monoisotopic (exact) mass is 322 g/mol. The maximum Gasteiger partial charge on any atom is 0.177 e. The van der Waals surface area contributed by atoms with E-state index in [1.807, 2.05) is 0 Å². The van der Waals surface area contributed by atoms with Crippen molar-refractivity contribution in [3.63, 3.8) is 0 Å². The Morgan fingerprint density at radius 3 is 2.71 bits per heavy atom. The van der Waals surface area contributed by atoms with Crippen LogP contribution in [0.5, 0.6) is 11.5 Å². The molecule has 0 atom stereocenters. The van der Waals surface area contributed by atoms with Crippen molar-refractivity contribution < 1.29 is 14.6 Å². The topological polar surface area (TPSA) is 46.5 Å². The van der Waals surface area contributed by atoms with Gasteiger partial charge in [-0.1, -0.05) is 15.9 Å². The van der Waals surface area contributed by atoms with E-state index in [-0.39, 0.29) is 22.4 Å². The fourth-order valence-corrected chi connectivity index (χ4v) is 1.81. The molecule has 0 amide bonds. The largest absolute Gasteiger partial charge is 0.506 e. The van der Waals surface area contributed by atoms with E-state index in [4.69, 9.17) is 4.74 Å². The molecule has 0 heterocycles. The van der Waals surface area contributed by atoms with Gasteiger partial charge in [0, 0.05) is 0 Å². The van der Waals surface area contributed by atoms with Crippen LogP contribution < -0.4 is 4.74 Å². The number of phenolic OH excluding ortho intramolecular Hbond substituents is 1. The summed E-state index contributed by atoms with van der Waals surface area (Å²) in [6, 6.07) is 3.15. The minimum atomic E-state index is -0.175. The van der Waals surface area contributed by atoms with Crippen molar-refractivity contribution in [1.29, 1.82) is 0 Å². The van der Waals surface area contributed by atoms with Crippen molar-refractivity contribution in [3.05, 3.63) is 22.2 Å². The van der Waals surface area contributed by atoms with Gasteiger partial charge in [-0.3, -0.25) is 4.79 Å². The number of Topliss-reactive ketones (excluding diaryl/α,β-unsaturated/α-hetero) is 1. The van der Waals surface area contributed by atoms with Crippen LogP contribution in [0.15, 0.2) is 16.6 Å². The van der Waals surface area contributed by atoms with E-state index in [0.29, 0.717) is 10.2 Å². The predicted octanol–water partition coefficient (Wildman–Crippen LogP) is 2.74. The molecule has 3 nitrogen and oxygen atoms in total. The Hall–Kier alpha value is -0.550. The van der Waals surface area contributed by atoms with E-state index in [2.05, 4.69) is 31.9 Å². The van der Waals surface area contributed by atoms with Crippen LogP contribution in [-0.4, -0.2) is 23.3 Å². The third kappa shape index (κ3) is 2.09. The molecule has 1 aromatic rings. The van der Waals surface area contributed by atoms with Crippen LogP contribution >= 0.6 is 31.9 Å². The van der Waals surface area contributed by atoms with Crippen LogP contribution in [0.1, 0.15) is 10.4 Å². The van der Waals surface area contributed by atoms with Crippen molar-refractivity contribution in [2.75, 3.05) is 12.4 Å². The summed E-state index contributed by atoms with van der Waals surface area (Å²) in [6.45, 7) is 0. The molecule has 0 aromatic heterocycles. The number of rotatable bonds is 3. The van der Waals surface area contributed by atoms with Crippen LogP contribution in [0.25, 0.3) is 0 Å². The summed E-state index contributed by atoms with van der Waals surface area (Å²) in [5.41, 5.74) is 0.273. The summed E-state index contributed by atoms with van der Waals surface area (Å²) >= 11 is 6.18. The normalized spacial score (nSPS) is 9.93. The Morgan fingerprint density at radius 2 is 2.21 bits per heavy atom. The van der Waals surface area contributed by atoms with Gasteiger partial charge in [0.2, 0.25) is 0 Å². The molecule has 1 N–H and O–H groups in total. The van der Waals surface area contributed by atoms with Gasteiger partial charge in [-0.15, -0.1) is 0 Å². The lowest BCUT2D eigenvalue weighted by Gasteiger charge is -2.07. The van der Waals surface area contributed by atoms with E-state index in [0.717, 1.165) is 0 Å². The molecule has 0 spiro atoms. The molecule has 1 rings (SSSR count).